The van der Waals surface area contributed by atoms with Gasteiger partial charge in [0.25, 0.3) is 0 Å². The maximum Gasteiger partial charge on any atom is 0.0367 e. The molecule has 2 aliphatic heterocycles. The predicted octanol–water partition coefficient (Wildman–Crippen LogP) is 2.87. The van der Waals surface area contributed by atoms with Crippen LogP contribution < -0.4 is 15.1 Å². The molecule has 3 heteroatoms. The van der Waals surface area contributed by atoms with Gasteiger partial charge in [-0.3, -0.25) is 0 Å². The molecule has 2 saturated heterocycles. The highest BCUT2D eigenvalue weighted by Gasteiger charge is 2.12. The molecule has 1 N–H and O–H groups in total. The molecule has 0 aromatic heterocycles. The molecule has 2 fully saturated rings. The molecule has 0 spiro atoms. The van der Waals surface area contributed by atoms with Gasteiger partial charge in [-0.1, -0.05) is 0 Å². The van der Waals surface area contributed by atoms with E-state index in [1.165, 1.54) is 69.7 Å². The molecule has 0 atom stereocenters. The first-order valence-electron chi connectivity index (χ1n) is 8.24. The lowest BCUT2D eigenvalue weighted by atomic mass is 10.1. The summed E-state index contributed by atoms with van der Waals surface area (Å²) in [6.45, 7) is 7.13. The Labute approximate surface area is 123 Å². The van der Waals surface area contributed by atoms with Crippen LogP contribution in [0.25, 0.3) is 0 Å². The van der Waals surface area contributed by atoms with Crippen LogP contribution in [0.4, 0.5) is 11.4 Å². The topological polar surface area (TPSA) is 18.5 Å². The van der Waals surface area contributed by atoms with Gasteiger partial charge in [0.15, 0.2) is 0 Å². The zero-order valence-electron chi connectivity index (χ0n) is 12.5. The maximum absolute atomic E-state index is 3.48. The van der Waals surface area contributed by atoms with Crippen LogP contribution in [0, 0.1) is 0 Å². The van der Waals surface area contributed by atoms with Gasteiger partial charge >= 0.3 is 0 Å². The van der Waals surface area contributed by atoms with Crippen molar-refractivity contribution in [2.45, 2.75) is 32.1 Å². The average molecular weight is 273 g/mol. The smallest absolute Gasteiger partial charge is 0.0367 e. The molecule has 110 valence electrons. The first kappa shape index (κ1) is 13.7. The summed E-state index contributed by atoms with van der Waals surface area (Å²) in [5, 5.41) is 3.48. The lowest BCUT2D eigenvalue weighted by molar-refractivity contribution is 0.567. The number of hydrogen-bond donors (Lipinski definition) is 1. The molecular weight excluding hydrogens is 246 g/mol. The van der Waals surface area contributed by atoms with E-state index in [0.29, 0.717) is 0 Å². The summed E-state index contributed by atoms with van der Waals surface area (Å²) in [5.41, 5.74) is 2.80. The van der Waals surface area contributed by atoms with Crippen LogP contribution in [0.15, 0.2) is 24.3 Å². The minimum Gasteiger partial charge on any atom is -0.372 e. The molecule has 1 aromatic carbocycles. The second-order valence-corrected chi connectivity index (χ2v) is 6.01. The van der Waals surface area contributed by atoms with Crippen molar-refractivity contribution in [1.82, 2.24) is 5.32 Å². The molecule has 3 rings (SSSR count). The van der Waals surface area contributed by atoms with E-state index in [1.54, 1.807) is 0 Å². The fraction of sp³-hybridized carbons (Fsp3) is 0.647. The van der Waals surface area contributed by atoms with E-state index in [2.05, 4.69) is 39.4 Å². The van der Waals surface area contributed by atoms with Gasteiger partial charge in [0.1, 0.15) is 0 Å². The number of rotatable bonds is 2. The Kier molecular flexibility index (Phi) is 4.80. The summed E-state index contributed by atoms with van der Waals surface area (Å²) >= 11 is 0. The Balaban J connectivity index is 1.64. The van der Waals surface area contributed by atoms with Gasteiger partial charge in [-0.05, 0) is 69.5 Å². The number of nitrogens with zero attached hydrogens (tertiary/aromatic N) is 2. The molecule has 0 aliphatic carbocycles. The quantitative estimate of drug-likeness (QED) is 0.894. The summed E-state index contributed by atoms with van der Waals surface area (Å²) in [6.07, 6.45) is 6.58. The van der Waals surface area contributed by atoms with Crippen LogP contribution in [-0.4, -0.2) is 39.3 Å². The standard InChI is InChI=1S/C17H27N3/c1-2-12-19(13-3-1)16-6-8-17(9-7-16)20-14-4-10-18-11-5-15-20/h6-9,18H,1-5,10-15H2. The predicted molar refractivity (Wildman–Crippen MR) is 86.8 cm³/mol. The van der Waals surface area contributed by atoms with E-state index < -0.39 is 0 Å². The van der Waals surface area contributed by atoms with E-state index in [0.717, 1.165) is 13.1 Å². The first-order chi connectivity index (χ1) is 9.93. The fourth-order valence-electron chi connectivity index (χ4n) is 3.31. The molecule has 0 saturated carbocycles. The van der Waals surface area contributed by atoms with Crippen LogP contribution in [0.3, 0.4) is 0 Å². The summed E-state index contributed by atoms with van der Waals surface area (Å²) in [7, 11) is 0. The summed E-state index contributed by atoms with van der Waals surface area (Å²) in [6, 6.07) is 9.27. The third-order valence-corrected chi connectivity index (χ3v) is 4.50. The Morgan fingerprint density at radius 2 is 1.05 bits per heavy atom. The highest BCUT2D eigenvalue weighted by Crippen LogP contribution is 2.24. The molecule has 0 unspecified atom stereocenters. The minimum atomic E-state index is 1.16. The molecule has 0 bridgehead atoms. The third kappa shape index (κ3) is 3.45. The van der Waals surface area contributed by atoms with Crippen molar-refractivity contribution in [1.29, 1.82) is 0 Å². The Morgan fingerprint density at radius 1 is 0.600 bits per heavy atom. The molecular formula is C17H27N3. The lowest BCUT2D eigenvalue weighted by Crippen LogP contribution is -2.34. The average Bonchev–Trinajstić information content (AvgIpc) is 2.48. The monoisotopic (exact) mass is 273 g/mol. The Hall–Kier alpha value is -1.22. The van der Waals surface area contributed by atoms with Gasteiger partial charge in [0, 0.05) is 37.6 Å². The van der Waals surface area contributed by atoms with Crippen molar-refractivity contribution in [3.05, 3.63) is 24.3 Å². The highest BCUT2D eigenvalue weighted by molar-refractivity contribution is 5.56. The van der Waals surface area contributed by atoms with Crippen molar-refractivity contribution in [3.63, 3.8) is 0 Å². The molecule has 2 aliphatic rings. The summed E-state index contributed by atoms with van der Waals surface area (Å²) in [4.78, 5) is 5.07. The van der Waals surface area contributed by atoms with E-state index in [-0.39, 0.29) is 0 Å². The van der Waals surface area contributed by atoms with Crippen LogP contribution in [0.5, 0.6) is 0 Å². The molecule has 2 heterocycles. The number of nitrogens with one attached hydrogen (secondary N) is 1. The second kappa shape index (κ2) is 6.98. The van der Waals surface area contributed by atoms with Gasteiger partial charge in [-0.15, -0.1) is 0 Å². The summed E-state index contributed by atoms with van der Waals surface area (Å²) < 4.78 is 0. The highest BCUT2D eigenvalue weighted by atomic mass is 15.1. The van der Waals surface area contributed by atoms with Crippen LogP contribution in [0.1, 0.15) is 32.1 Å². The van der Waals surface area contributed by atoms with Crippen molar-refractivity contribution in [3.8, 4) is 0 Å². The number of hydrogen-bond acceptors (Lipinski definition) is 3. The Morgan fingerprint density at radius 3 is 1.55 bits per heavy atom. The maximum atomic E-state index is 3.48. The zero-order chi connectivity index (χ0) is 13.6. The molecule has 0 amide bonds. The first-order valence-corrected chi connectivity index (χ1v) is 8.24. The lowest BCUT2D eigenvalue weighted by Gasteiger charge is -2.30. The molecule has 20 heavy (non-hydrogen) atoms. The van der Waals surface area contributed by atoms with Crippen LogP contribution in [-0.2, 0) is 0 Å². The van der Waals surface area contributed by atoms with Crippen molar-refractivity contribution in [2.75, 3.05) is 49.1 Å². The molecule has 0 radical (unpaired) electrons. The van der Waals surface area contributed by atoms with E-state index in [1.807, 2.05) is 0 Å². The van der Waals surface area contributed by atoms with Gasteiger partial charge in [0.2, 0.25) is 0 Å². The Bertz CT molecular complexity index is 387. The third-order valence-electron chi connectivity index (χ3n) is 4.50. The molecule has 3 nitrogen and oxygen atoms in total. The van der Waals surface area contributed by atoms with Gasteiger partial charge < -0.3 is 15.1 Å². The SMILES string of the molecule is c1cc(N2CCCNCCC2)ccc1N1CCCCC1. The second-order valence-electron chi connectivity index (χ2n) is 6.01. The van der Waals surface area contributed by atoms with Crippen molar-refractivity contribution >= 4 is 11.4 Å². The fourth-order valence-corrected chi connectivity index (χ4v) is 3.31. The van der Waals surface area contributed by atoms with Crippen molar-refractivity contribution in [2.24, 2.45) is 0 Å². The van der Waals surface area contributed by atoms with E-state index in [9.17, 15) is 0 Å². The summed E-state index contributed by atoms with van der Waals surface area (Å²) in [5.74, 6) is 0. The van der Waals surface area contributed by atoms with Gasteiger partial charge in [-0.2, -0.15) is 0 Å². The normalized spacial score (nSPS) is 21.4. The van der Waals surface area contributed by atoms with Gasteiger partial charge in [-0.25, -0.2) is 0 Å². The van der Waals surface area contributed by atoms with Gasteiger partial charge in [0.05, 0.1) is 0 Å². The number of anilines is 2. The largest absolute Gasteiger partial charge is 0.372 e. The van der Waals surface area contributed by atoms with Crippen LogP contribution >= 0.6 is 0 Å². The van der Waals surface area contributed by atoms with E-state index >= 15 is 0 Å². The number of piperidine rings is 1. The van der Waals surface area contributed by atoms with Crippen molar-refractivity contribution < 1.29 is 0 Å². The van der Waals surface area contributed by atoms with E-state index in [4.69, 9.17) is 0 Å². The minimum absolute atomic E-state index is 1.16. The number of benzene rings is 1. The molecule has 1 aromatic rings. The van der Waals surface area contributed by atoms with Crippen LogP contribution in [0.2, 0.25) is 0 Å². The zero-order valence-corrected chi connectivity index (χ0v) is 12.5.